The van der Waals surface area contributed by atoms with Gasteiger partial charge in [-0.1, -0.05) is 27.7 Å². The summed E-state index contributed by atoms with van der Waals surface area (Å²) in [6.07, 6.45) is 2.67. The molecule has 0 aliphatic carbocycles. The summed E-state index contributed by atoms with van der Waals surface area (Å²) >= 11 is 0. The molecule has 1 atom stereocenters. The van der Waals surface area contributed by atoms with E-state index >= 15 is 0 Å². The van der Waals surface area contributed by atoms with Crippen LogP contribution in [0.25, 0.3) is 0 Å². The number of halogens is 1. The second kappa shape index (κ2) is 9.83. The molecule has 19 heavy (non-hydrogen) atoms. The highest BCUT2D eigenvalue weighted by molar-refractivity contribution is 14.0. The van der Waals surface area contributed by atoms with Crippen molar-refractivity contribution in [1.29, 1.82) is 0 Å². The molecule has 1 heterocycles. The third-order valence-corrected chi connectivity index (χ3v) is 3.33. The zero-order valence-corrected chi connectivity index (χ0v) is 15.6. The van der Waals surface area contributed by atoms with Crippen molar-refractivity contribution in [1.82, 2.24) is 10.2 Å². The fourth-order valence-electron chi connectivity index (χ4n) is 2.58. The quantitative estimate of drug-likeness (QED) is 0.448. The molecule has 0 saturated carbocycles. The molecule has 0 spiro atoms. The van der Waals surface area contributed by atoms with Crippen molar-refractivity contribution in [2.75, 3.05) is 26.2 Å². The number of rotatable bonds is 5. The number of nitrogens with zero attached hydrogens (tertiary/aromatic N) is 2. The van der Waals surface area contributed by atoms with Gasteiger partial charge in [0.1, 0.15) is 0 Å². The zero-order valence-electron chi connectivity index (χ0n) is 13.3. The molecule has 1 aliphatic rings. The molecule has 1 N–H and O–H groups in total. The van der Waals surface area contributed by atoms with Gasteiger partial charge in [-0.05, 0) is 37.5 Å². The monoisotopic (exact) mass is 381 g/mol. The normalized spacial score (nSPS) is 20.1. The SMILES string of the molecule is CCNC(=NCC(C)C)N1CCC(CC(C)C)C1.I. The maximum absolute atomic E-state index is 4.74. The van der Waals surface area contributed by atoms with Gasteiger partial charge in [-0.25, -0.2) is 0 Å². The van der Waals surface area contributed by atoms with E-state index in [0.717, 1.165) is 30.9 Å². The molecule has 0 aromatic carbocycles. The van der Waals surface area contributed by atoms with Gasteiger partial charge in [0, 0.05) is 26.2 Å². The fourth-order valence-corrected chi connectivity index (χ4v) is 2.58. The predicted molar refractivity (Wildman–Crippen MR) is 95.4 cm³/mol. The Balaban J connectivity index is 0.00000324. The molecule has 1 saturated heterocycles. The Morgan fingerprint density at radius 3 is 2.47 bits per heavy atom. The van der Waals surface area contributed by atoms with E-state index in [1.807, 2.05) is 0 Å². The largest absolute Gasteiger partial charge is 0.357 e. The van der Waals surface area contributed by atoms with Crippen LogP contribution in [-0.2, 0) is 0 Å². The Hall–Kier alpha value is 0. The van der Waals surface area contributed by atoms with Crippen LogP contribution in [0.3, 0.4) is 0 Å². The van der Waals surface area contributed by atoms with E-state index in [9.17, 15) is 0 Å². The summed E-state index contributed by atoms with van der Waals surface area (Å²) in [5.41, 5.74) is 0. The molecule has 1 rings (SSSR count). The molecule has 3 nitrogen and oxygen atoms in total. The van der Waals surface area contributed by atoms with Crippen molar-refractivity contribution in [3.05, 3.63) is 0 Å². The molecular formula is C15H32IN3. The first kappa shape index (κ1) is 19.0. The Kier molecular flexibility index (Phi) is 9.83. The van der Waals surface area contributed by atoms with Crippen LogP contribution in [0, 0.1) is 17.8 Å². The van der Waals surface area contributed by atoms with Crippen LogP contribution in [0.4, 0.5) is 0 Å². The highest BCUT2D eigenvalue weighted by Gasteiger charge is 2.25. The maximum Gasteiger partial charge on any atom is 0.193 e. The number of guanidine groups is 1. The van der Waals surface area contributed by atoms with Crippen LogP contribution in [0.5, 0.6) is 0 Å². The molecule has 0 aromatic rings. The standard InChI is InChI=1S/C15H31N3.HI/c1-6-16-15(17-10-13(4)5)18-8-7-14(11-18)9-12(2)3;/h12-14H,6-11H2,1-5H3,(H,16,17);1H. The molecule has 1 unspecified atom stereocenters. The Labute approximate surface area is 136 Å². The molecule has 0 aromatic heterocycles. The van der Waals surface area contributed by atoms with Crippen LogP contribution in [0.2, 0.25) is 0 Å². The summed E-state index contributed by atoms with van der Waals surface area (Å²) in [6.45, 7) is 15.5. The van der Waals surface area contributed by atoms with Crippen molar-refractivity contribution in [3.63, 3.8) is 0 Å². The summed E-state index contributed by atoms with van der Waals surface area (Å²) in [6, 6.07) is 0. The van der Waals surface area contributed by atoms with Crippen LogP contribution < -0.4 is 5.32 Å². The van der Waals surface area contributed by atoms with Gasteiger partial charge >= 0.3 is 0 Å². The summed E-state index contributed by atoms with van der Waals surface area (Å²) in [5, 5.41) is 3.43. The minimum atomic E-state index is 0. The van der Waals surface area contributed by atoms with Gasteiger partial charge in [0.25, 0.3) is 0 Å². The lowest BCUT2D eigenvalue weighted by Crippen LogP contribution is -2.40. The third kappa shape index (κ3) is 7.37. The first-order valence-electron chi connectivity index (χ1n) is 7.56. The minimum absolute atomic E-state index is 0. The van der Waals surface area contributed by atoms with Crippen molar-refractivity contribution in [3.8, 4) is 0 Å². The summed E-state index contributed by atoms with van der Waals surface area (Å²) in [4.78, 5) is 7.18. The van der Waals surface area contributed by atoms with E-state index in [4.69, 9.17) is 4.99 Å². The van der Waals surface area contributed by atoms with E-state index in [0.29, 0.717) is 5.92 Å². The lowest BCUT2D eigenvalue weighted by Gasteiger charge is -2.22. The highest BCUT2D eigenvalue weighted by Crippen LogP contribution is 2.23. The predicted octanol–water partition coefficient (Wildman–Crippen LogP) is 3.59. The molecule has 4 heteroatoms. The van der Waals surface area contributed by atoms with Crippen LogP contribution in [0.15, 0.2) is 4.99 Å². The average Bonchev–Trinajstić information content (AvgIpc) is 2.71. The number of hydrogen-bond acceptors (Lipinski definition) is 1. The van der Waals surface area contributed by atoms with E-state index in [1.165, 1.54) is 25.9 Å². The van der Waals surface area contributed by atoms with Gasteiger partial charge in [0.05, 0.1) is 0 Å². The lowest BCUT2D eigenvalue weighted by molar-refractivity contribution is 0.403. The Morgan fingerprint density at radius 2 is 1.95 bits per heavy atom. The molecule has 0 radical (unpaired) electrons. The molecule has 1 aliphatic heterocycles. The third-order valence-electron chi connectivity index (χ3n) is 3.33. The van der Waals surface area contributed by atoms with E-state index < -0.39 is 0 Å². The topological polar surface area (TPSA) is 27.6 Å². The number of nitrogens with one attached hydrogen (secondary N) is 1. The number of likely N-dealkylation sites (tertiary alicyclic amines) is 1. The van der Waals surface area contributed by atoms with Crippen molar-refractivity contribution in [2.45, 2.75) is 47.5 Å². The maximum atomic E-state index is 4.74. The molecule has 114 valence electrons. The van der Waals surface area contributed by atoms with Gasteiger partial charge < -0.3 is 10.2 Å². The van der Waals surface area contributed by atoms with Gasteiger partial charge in [0.2, 0.25) is 0 Å². The second-order valence-electron chi connectivity index (χ2n) is 6.32. The summed E-state index contributed by atoms with van der Waals surface area (Å²) in [5.74, 6) is 3.42. The van der Waals surface area contributed by atoms with Gasteiger partial charge in [0.15, 0.2) is 5.96 Å². The molecule has 1 fully saturated rings. The first-order valence-corrected chi connectivity index (χ1v) is 7.56. The van der Waals surface area contributed by atoms with E-state index in [-0.39, 0.29) is 24.0 Å². The highest BCUT2D eigenvalue weighted by atomic mass is 127. The van der Waals surface area contributed by atoms with E-state index in [2.05, 4.69) is 44.8 Å². The van der Waals surface area contributed by atoms with Crippen molar-refractivity contribution >= 4 is 29.9 Å². The van der Waals surface area contributed by atoms with Crippen LogP contribution >= 0.6 is 24.0 Å². The molecular weight excluding hydrogens is 349 g/mol. The zero-order chi connectivity index (χ0) is 13.5. The lowest BCUT2D eigenvalue weighted by atomic mass is 9.97. The van der Waals surface area contributed by atoms with Crippen LogP contribution in [-0.4, -0.2) is 37.0 Å². The smallest absolute Gasteiger partial charge is 0.193 e. The summed E-state index contributed by atoms with van der Waals surface area (Å²) < 4.78 is 0. The fraction of sp³-hybridized carbons (Fsp3) is 0.933. The van der Waals surface area contributed by atoms with Crippen LogP contribution in [0.1, 0.15) is 47.5 Å². The molecule has 0 bridgehead atoms. The number of hydrogen-bond donors (Lipinski definition) is 1. The van der Waals surface area contributed by atoms with Crippen molar-refractivity contribution < 1.29 is 0 Å². The average molecular weight is 381 g/mol. The Bertz CT molecular complexity index is 264. The van der Waals surface area contributed by atoms with Gasteiger partial charge in [-0.2, -0.15) is 0 Å². The van der Waals surface area contributed by atoms with Gasteiger partial charge in [-0.15, -0.1) is 24.0 Å². The first-order chi connectivity index (χ1) is 8.52. The summed E-state index contributed by atoms with van der Waals surface area (Å²) in [7, 11) is 0. The second-order valence-corrected chi connectivity index (χ2v) is 6.32. The van der Waals surface area contributed by atoms with Crippen molar-refractivity contribution in [2.24, 2.45) is 22.7 Å². The minimum Gasteiger partial charge on any atom is -0.357 e. The molecule has 0 amide bonds. The van der Waals surface area contributed by atoms with Gasteiger partial charge in [-0.3, -0.25) is 4.99 Å². The number of aliphatic imine (C=N–C) groups is 1. The van der Waals surface area contributed by atoms with E-state index in [1.54, 1.807) is 0 Å². The Morgan fingerprint density at radius 1 is 1.26 bits per heavy atom.